The fourth-order valence-electron chi connectivity index (χ4n) is 1.26. The van der Waals surface area contributed by atoms with Crippen LogP contribution in [0.25, 0.3) is 5.69 Å². The van der Waals surface area contributed by atoms with Gasteiger partial charge in [-0.3, -0.25) is 0 Å². The molecule has 0 radical (unpaired) electrons. The van der Waals surface area contributed by atoms with Gasteiger partial charge in [0.15, 0.2) is 5.82 Å². The van der Waals surface area contributed by atoms with Crippen molar-refractivity contribution < 1.29 is 4.74 Å². The number of hydrogen-bond acceptors (Lipinski definition) is 4. The number of alkyl halides is 1. The summed E-state index contributed by atoms with van der Waals surface area (Å²) in [5, 5.41) is 11.3. The van der Waals surface area contributed by atoms with Gasteiger partial charge in [-0.25, -0.2) is 0 Å². The lowest BCUT2D eigenvalue weighted by molar-refractivity contribution is 0.414. The quantitative estimate of drug-likeness (QED) is 0.816. The van der Waals surface area contributed by atoms with Crippen LogP contribution >= 0.6 is 27.5 Å². The first-order valence-electron chi connectivity index (χ1n) is 4.43. The van der Waals surface area contributed by atoms with Crippen molar-refractivity contribution in [1.29, 1.82) is 0 Å². The van der Waals surface area contributed by atoms with E-state index in [0.717, 1.165) is 15.9 Å². The molecule has 2 aromatic rings. The van der Waals surface area contributed by atoms with Crippen molar-refractivity contribution >= 4 is 27.5 Å². The number of tetrazole rings is 1. The Labute approximate surface area is 105 Å². The monoisotopic (exact) mass is 302 g/mol. The lowest BCUT2D eigenvalue weighted by atomic mass is 10.3. The maximum absolute atomic E-state index is 5.74. The lowest BCUT2D eigenvalue weighted by Crippen LogP contribution is -2.02. The first-order chi connectivity index (χ1) is 7.76. The number of hydrogen-bond donors (Lipinski definition) is 0. The number of ether oxygens (including phenoxy) is 1. The van der Waals surface area contributed by atoms with E-state index in [-0.39, 0.29) is 5.88 Å². The minimum atomic E-state index is 0.247. The van der Waals surface area contributed by atoms with Gasteiger partial charge in [0.1, 0.15) is 5.75 Å². The Morgan fingerprint density at radius 1 is 1.50 bits per heavy atom. The van der Waals surface area contributed by atoms with E-state index in [1.54, 1.807) is 11.8 Å². The Kier molecular flexibility index (Phi) is 3.40. The summed E-state index contributed by atoms with van der Waals surface area (Å²) in [5.74, 6) is 1.56. The predicted molar refractivity (Wildman–Crippen MR) is 63.0 cm³/mol. The first kappa shape index (κ1) is 11.3. The lowest BCUT2D eigenvalue weighted by Gasteiger charge is -2.07. The molecule has 0 bridgehead atoms. The van der Waals surface area contributed by atoms with E-state index in [9.17, 15) is 0 Å². The van der Waals surface area contributed by atoms with Crippen LogP contribution in [0.15, 0.2) is 22.7 Å². The SMILES string of the molecule is COc1ccc(Br)c(-n2nnnc2CCl)c1. The summed E-state index contributed by atoms with van der Waals surface area (Å²) in [5.41, 5.74) is 0.792. The molecular weight excluding hydrogens is 295 g/mol. The van der Waals surface area contributed by atoms with Crippen LogP contribution in [0, 0.1) is 0 Å². The molecule has 0 aliphatic heterocycles. The molecule has 0 saturated carbocycles. The molecule has 5 nitrogen and oxygen atoms in total. The van der Waals surface area contributed by atoms with Crippen molar-refractivity contribution in [1.82, 2.24) is 20.2 Å². The fourth-order valence-corrected chi connectivity index (χ4v) is 1.84. The second-order valence-corrected chi connectivity index (χ2v) is 4.08. The van der Waals surface area contributed by atoms with Gasteiger partial charge in [0.25, 0.3) is 0 Å². The average molecular weight is 304 g/mol. The third-order valence-electron chi connectivity index (χ3n) is 2.04. The topological polar surface area (TPSA) is 52.8 Å². The van der Waals surface area contributed by atoms with E-state index in [1.807, 2.05) is 18.2 Å². The molecule has 0 saturated heterocycles. The highest BCUT2D eigenvalue weighted by molar-refractivity contribution is 9.10. The summed E-state index contributed by atoms with van der Waals surface area (Å²) < 4.78 is 7.58. The van der Waals surface area contributed by atoms with Gasteiger partial charge in [0.2, 0.25) is 0 Å². The summed E-state index contributed by atoms with van der Waals surface area (Å²) in [6, 6.07) is 5.54. The van der Waals surface area contributed by atoms with Crippen LogP contribution in [-0.2, 0) is 5.88 Å². The van der Waals surface area contributed by atoms with Crippen LogP contribution in [0.5, 0.6) is 5.75 Å². The molecule has 0 amide bonds. The molecule has 0 N–H and O–H groups in total. The van der Waals surface area contributed by atoms with Gasteiger partial charge in [-0.05, 0) is 38.5 Å². The minimum absolute atomic E-state index is 0.247. The normalized spacial score (nSPS) is 10.4. The Morgan fingerprint density at radius 3 is 3.00 bits per heavy atom. The van der Waals surface area contributed by atoms with E-state index in [0.29, 0.717) is 5.82 Å². The van der Waals surface area contributed by atoms with Gasteiger partial charge in [-0.2, -0.15) is 4.68 Å². The molecule has 0 unspecified atom stereocenters. The van der Waals surface area contributed by atoms with Crippen LogP contribution in [0.4, 0.5) is 0 Å². The third-order valence-corrected chi connectivity index (χ3v) is 2.94. The Balaban J connectivity index is 2.54. The molecule has 0 atom stereocenters. The van der Waals surface area contributed by atoms with Gasteiger partial charge < -0.3 is 4.74 Å². The predicted octanol–water partition coefficient (Wildman–Crippen LogP) is 2.17. The summed E-state index contributed by atoms with van der Waals surface area (Å²) in [6.45, 7) is 0. The van der Waals surface area contributed by atoms with Crippen LogP contribution in [-0.4, -0.2) is 27.3 Å². The first-order valence-corrected chi connectivity index (χ1v) is 5.76. The van der Waals surface area contributed by atoms with Crippen molar-refractivity contribution in [3.63, 3.8) is 0 Å². The summed E-state index contributed by atoms with van der Waals surface area (Å²) in [6.07, 6.45) is 0. The van der Waals surface area contributed by atoms with E-state index in [1.165, 1.54) is 0 Å². The minimum Gasteiger partial charge on any atom is -0.497 e. The molecule has 0 aliphatic rings. The largest absolute Gasteiger partial charge is 0.497 e. The molecule has 0 fully saturated rings. The highest BCUT2D eigenvalue weighted by Crippen LogP contribution is 2.26. The molecule has 84 valence electrons. The fraction of sp³-hybridized carbons (Fsp3) is 0.222. The molecular formula is C9H8BrClN4O. The van der Waals surface area contributed by atoms with Crippen molar-refractivity contribution in [3.8, 4) is 11.4 Å². The van der Waals surface area contributed by atoms with E-state index in [2.05, 4.69) is 31.5 Å². The Hall–Kier alpha value is -1.14. The van der Waals surface area contributed by atoms with Crippen LogP contribution in [0.2, 0.25) is 0 Å². The number of rotatable bonds is 3. The molecule has 0 aliphatic carbocycles. The standard InChI is InChI=1S/C9H8BrClN4O/c1-16-6-2-3-7(10)8(4-6)15-9(5-11)12-13-14-15/h2-4H,5H2,1H3. The summed E-state index contributed by atoms with van der Waals surface area (Å²) >= 11 is 9.17. The highest BCUT2D eigenvalue weighted by atomic mass is 79.9. The van der Waals surface area contributed by atoms with Crippen LogP contribution in [0.1, 0.15) is 5.82 Å². The van der Waals surface area contributed by atoms with Crippen LogP contribution < -0.4 is 4.74 Å². The van der Waals surface area contributed by atoms with Crippen molar-refractivity contribution in [2.24, 2.45) is 0 Å². The van der Waals surface area contributed by atoms with Gasteiger partial charge in [0, 0.05) is 10.5 Å². The maximum atomic E-state index is 5.74. The molecule has 1 heterocycles. The van der Waals surface area contributed by atoms with Crippen molar-refractivity contribution in [2.45, 2.75) is 5.88 Å². The second kappa shape index (κ2) is 4.80. The Bertz CT molecular complexity index is 502. The third kappa shape index (κ3) is 2.03. The second-order valence-electron chi connectivity index (χ2n) is 2.96. The molecule has 1 aromatic heterocycles. The van der Waals surface area contributed by atoms with Crippen molar-refractivity contribution in [3.05, 3.63) is 28.5 Å². The summed E-state index contributed by atoms with van der Waals surface area (Å²) in [4.78, 5) is 0. The van der Waals surface area contributed by atoms with E-state index in [4.69, 9.17) is 16.3 Å². The summed E-state index contributed by atoms with van der Waals surface area (Å²) in [7, 11) is 1.61. The van der Waals surface area contributed by atoms with Crippen LogP contribution in [0.3, 0.4) is 0 Å². The number of halogens is 2. The zero-order valence-corrected chi connectivity index (χ0v) is 10.7. The van der Waals surface area contributed by atoms with E-state index >= 15 is 0 Å². The highest BCUT2D eigenvalue weighted by Gasteiger charge is 2.11. The van der Waals surface area contributed by atoms with E-state index < -0.39 is 0 Å². The molecule has 7 heteroatoms. The maximum Gasteiger partial charge on any atom is 0.171 e. The number of methoxy groups -OCH3 is 1. The zero-order chi connectivity index (χ0) is 11.5. The van der Waals surface area contributed by atoms with Gasteiger partial charge >= 0.3 is 0 Å². The zero-order valence-electron chi connectivity index (χ0n) is 8.39. The molecule has 2 rings (SSSR count). The smallest absolute Gasteiger partial charge is 0.171 e. The number of benzene rings is 1. The van der Waals surface area contributed by atoms with Gasteiger partial charge in [0.05, 0.1) is 18.7 Å². The van der Waals surface area contributed by atoms with Gasteiger partial charge in [-0.15, -0.1) is 16.7 Å². The average Bonchev–Trinajstić information content (AvgIpc) is 2.77. The van der Waals surface area contributed by atoms with Crippen molar-refractivity contribution in [2.75, 3.05) is 7.11 Å². The van der Waals surface area contributed by atoms with Gasteiger partial charge in [-0.1, -0.05) is 0 Å². The molecule has 0 spiro atoms. The number of nitrogens with zero attached hydrogens (tertiary/aromatic N) is 4. The molecule has 16 heavy (non-hydrogen) atoms. The number of aromatic nitrogens is 4. The molecule has 1 aromatic carbocycles. The Morgan fingerprint density at radius 2 is 2.31 bits per heavy atom.